The van der Waals surface area contributed by atoms with Crippen molar-refractivity contribution >= 4 is 29.2 Å². The zero-order valence-electron chi connectivity index (χ0n) is 11.6. The lowest BCUT2D eigenvalue weighted by atomic mass is 10.1. The van der Waals surface area contributed by atoms with E-state index in [1.807, 2.05) is 62.4 Å². The van der Waals surface area contributed by atoms with Gasteiger partial charge in [0.1, 0.15) is 0 Å². The van der Waals surface area contributed by atoms with Crippen molar-refractivity contribution < 1.29 is 0 Å². The maximum absolute atomic E-state index is 5.23. The fraction of sp³-hybridized carbons (Fsp3) is 0.125. The van der Waals surface area contributed by atoms with E-state index >= 15 is 0 Å². The predicted octanol–water partition coefficient (Wildman–Crippen LogP) is 3.62. The SMILES string of the molecule is Cc1cccc(C)c1NC(=S)N/N=C\c1ccccc1. The minimum Gasteiger partial charge on any atom is -0.331 e. The molecule has 0 aliphatic rings. The molecule has 2 aromatic carbocycles. The summed E-state index contributed by atoms with van der Waals surface area (Å²) in [6, 6.07) is 16.0. The molecular weight excluding hydrogens is 266 g/mol. The van der Waals surface area contributed by atoms with Crippen molar-refractivity contribution in [3.05, 3.63) is 65.2 Å². The molecule has 0 fully saturated rings. The van der Waals surface area contributed by atoms with Gasteiger partial charge in [0.05, 0.1) is 6.21 Å². The lowest BCUT2D eigenvalue weighted by Crippen LogP contribution is -2.24. The normalized spacial score (nSPS) is 10.5. The molecule has 2 N–H and O–H groups in total. The Bertz CT molecular complexity index is 601. The third-order valence-electron chi connectivity index (χ3n) is 2.90. The number of rotatable bonds is 3. The molecule has 0 spiro atoms. The molecule has 0 aliphatic heterocycles. The van der Waals surface area contributed by atoms with Gasteiger partial charge in [-0.1, -0.05) is 48.5 Å². The molecule has 0 amide bonds. The summed E-state index contributed by atoms with van der Waals surface area (Å²) < 4.78 is 0. The first-order valence-corrected chi connectivity index (χ1v) is 6.79. The number of hydrazone groups is 1. The zero-order chi connectivity index (χ0) is 14.4. The molecule has 3 nitrogen and oxygen atoms in total. The number of nitrogens with zero attached hydrogens (tertiary/aromatic N) is 1. The fourth-order valence-electron chi connectivity index (χ4n) is 1.86. The maximum Gasteiger partial charge on any atom is 0.191 e. The second kappa shape index (κ2) is 6.82. The van der Waals surface area contributed by atoms with E-state index in [1.54, 1.807) is 6.21 Å². The lowest BCUT2D eigenvalue weighted by Gasteiger charge is -2.12. The molecule has 102 valence electrons. The number of thiocarbonyl (C=S) groups is 1. The van der Waals surface area contributed by atoms with Gasteiger partial charge in [-0.3, -0.25) is 5.43 Å². The second-order valence-electron chi connectivity index (χ2n) is 4.50. The van der Waals surface area contributed by atoms with Crippen LogP contribution in [0.25, 0.3) is 0 Å². The van der Waals surface area contributed by atoms with Gasteiger partial charge < -0.3 is 5.32 Å². The quantitative estimate of drug-likeness (QED) is 0.513. The van der Waals surface area contributed by atoms with E-state index in [1.165, 1.54) is 0 Å². The summed E-state index contributed by atoms with van der Waals surface area (Å²) in [6.45, 7) is 4.09. The van der Waals surface area contributed by atoms with Crippen molar-refractivity contribution in [1.82, 2.24) is 5.43 Å². The number of hydrogen-bond acceptors (Lipinski definition) is 2. The van der Waals surface area contributed by atoms with E-state index in [0.717, 1.165) is 22.4 Å². The minimum absolute atomic E-state index is 0.481. The third-order valence-corrected chi connectivity index (χ3v) is 3.09. The minimum atomic E-state index is 0.481. The Hall–Kier alpha value is -2.20. The highest BCUT2D eigenvalue weighted by Crippen LogP contribution is 2.18. The number of nitrogens with one attached hydrogen (secondary N) is 2. The Labute approximate surface area is 124 Å². The van der Waals surface area contributed by atoms with Crippen molar-refractivity contribution in [2.75, 3.05) is 5.32 Å². The average molecular weight is 283 g/mol. The lowest BCUT2D eigenvalue weighted by molar-refractivity contribution is 1.05. The van der Waals surface area contributed by atoms with Gasteiger partial charge in [0, 0.05) is 5.69 Å². The molecule has 0 heterocycles. The van der Waals surface area contributed by atoms with Crippen molar-refractivity contribution in [3.63, 3.8) is 0 Å². The van der Waals surface area contributed by atoms with E-state index in [-0.39, 0.29) is 0 Å². The molecule has 20 heavy (non-hydrogen) atoms. The van der Waals surface area contributed by atoms with Crippen LogP contribution in [0.1, 0.15) is 16.7 Å². The van der Waals surface area contributed by atoms with Crippen LogP contribution in [0.3, 0.4) is 0 Å². The van der Waals surface area contributed by atoms with Crippen LogP contribution in [0.5, 0.6) is 0 Å². The summed E-state index contributed by atoms with van der Waals surface area (Å²) in [7, 11) is 0. The topological polar surface area (TPSA) is 36.4 Å². The Morgan fingerprint density at radius 1 is 1.00 bits per heavy atom. The van der Waals surface area contributed by atoms with Gasteiger partial charge in [0.2, 0.25) is 0 Å². The van der Waals surface area contributed by atoms with Gasteiger partial charge in [-0.15, -0.1) is 0 Å². The largest absolute Gasteiger partial charge is 0.331 e. The number of hydrogen-bond donors (Lipinski definition) is 2. The smallest absolute Gasteiger partial charge is 0.191 e. The molecule has 0 bridgehead atoms. The molecule has 0 atom stereocenters. The highest BCUT2D eigenvalue weighted by atomic mass is 32.1. The van der Waals surface area contributed by atoms with Gasteiger partial charge in [-0.05, 0) is 42.8 Å². The van der Waals surface area contributed by atoms with Gasteiger partial charge in [0.15, 0.2) is 5.11 Å². The van der Waals surface area contributed by atoms with Gasteiger partial charge in [-0.25, -0.2) is 0 Å². The van der Waals surface area contributed by atoms with Crippen LogP contribution in [-0.4, -0.2) is 11.3 Å². The molecule has 0 radical (unpaired) electrons. The maximum atomic E-state index is 5.23. The first kappa shape index (κ1) is 14.2. The Morgan fingerprint density at radius 2 is 1.65 bits per heavy atom. The average Bonchev–Trinajstić information content (AvgIpc) is 2.44. The first-order valence-electron chi connectivity index (χ1n) is 6.38. The van der Waals surface area contributed by atoms with Crippen LogP contribution in [0, 0.1) is 13.8 Å². The molecule has 0 aromatic heterocycles. The summed E-state index contributed by atoms with van der Waals surface area (Å²) >= 11 is 5.23. The Kier molecular flexibility index (Phi) is 4.85. The highest BCUT2D eigenvalue weighted by Gasteiger charge is 2.03. The van der Waals surface area contributed by atoms with Gasteiger partial charge >= 0.3 is 0 Å². The molecule has 4 heteroatoms. The molecule has 2 aromatic rings. The zero-order valence-corrected chi connectivity index (χ0v) is 12.4. The van der Waals surface area contributed by atoms with E-state index in [2.05, 4.69) is 15.8 Å². The Balaban J connectivity index is 1.95. The highest BCUT2D eigenvalue weighted by molar-refractivity contribution is 7.80. The number of anilines is 1. The molecule has 0 aliphatic carbocycles. The van der Waals surface area contributed by atoms with Gasteiger partial charge in [0.25, 0.3) is 0 Å². The van der Waals surface area contributed by atoms with Crippen molar-refractivity contribution in [3.8, 4) is 0 Å². The number of benzene rings is 2. The van der Waals surface area contributed by atoms with Crippen LogP contribution >= 0.6 is 12.2 Å². The monoisotopic (exact) mass is 283 g/mol. The van der Waals surface area contributed by atoms with Crippen molar-refractivity contribution in [2.24, 2.45) is 5.10 Å². The summed E-state index contributed by atoms with van der Waals surface area (Å²) in [5, 5.41) is 7.77. The van der Waals surface area contributed by atoms with Crippen LogP contribution in [0.2, 0.25) is 0 Å². The summed E-state index contributed by atoms with van der Waals surface area (Å²) in [5.41, 5.74) is 7.18. The van der Waals surface area contributed by atoms with E-state index in [0.29, 0.717) is 5.11 Å². The summed E-state index contributed by atoms with van der Waals surface area (Å²) in [4.78, 5) is 0. The van der Waals surface area contributed by atoms with Crippen molar-refractivity contribution in [1.29, 1.82) is 0 Å². The Morgan fingerprint density at radius 3 is 2.30 bits per heavy atom. The standard InChI is InChI=1S/C16H17N3S/c1-12-7-6-8-13(2)15(12)18-16(20)19-17-11-14-9-4-3-5-10-14/h3-11H,1-2H3,(H2,18,19,20)/b17-11-. The third kappa shape index (κ3) is 3.90. The summed E-state index contributed by atoms with van der Waals surface area (Å²) in [5.74, 6) is 0. The molecule has 0 saturated heterocycles. The number of para-hydroxylation sites is 1. The van der Waals surface area contributed by atoms with Crippen LogP contribution in [0.15, 0.2) is 53.6 Å². The van der Waals surface area contributed by atoms with E-state index in [4.69, 9.17) is 12.2 Å². The fourth-order valence-corrected chi connectivity index (χ4v) is 2.01. The van der Waals surface area contributed by atoms with Crippen LogP contribution in [0.4, 0.5) is 5.69 Å². The molecular formula is C16H17N3S. The van der Waals surface area contributed by atoms with Crippen molar-refractivity contribution in [2.45, 2.75) is 13.8 Å². The molecule has 2 rings (SSSR count). The first-order chi connectivity index (χ1) is 9.66. The predicted molar refractivity (Wildman–Crippen MR) is 89.3 cm³/mol. The summed E-state index contributed by atoms with van der Waals surface area (Å²) in [6.07, 6.45) is 1.73. The van der Waals surface area contributed by atoms with Crippen LogP contribution in [-0.2, 0) is 0 Å². The molecule has 0 saturated carbocycles. The van der Waals surface area contributed by atoms with E-state index < -0.39 is 0 Å². The molecule has 0 unspecified atom stereocenters. The van der Waals surface area contributed by atoms with Crippen LogP contribution < -0.4 is 10.7 Å². The van der Waals surface area contributed by atoms with Gasteiger partial charge in [-0.2, -0.15) is 5.10 Å². The number of aryl methyl sites for hydroxylation is 2. The second-order valence-corrected chi connectivity index (χ2v) is 4.91. The van der Waals surface area contributed by atoms with E-state index in [9.17, 15) is 0 Å².